The Morgan fingerprint density at radius 2 is 2.04 bits per heavy atom. The van der Waals surface area contributed by atoms with Crippen LogP contribution in [0.3, 0.4) is 0 Å². The largest absolute Gasteiger partial charge is 0.383 e. The number of halogens is 1. The number of aromatic nitrogens is 5. The van der Waals surface area contributed by atoms with Gasteiger partial charge in [0.15, 0.2) is 5.16 Å². The molecule has 0 unspecified atom stereocenters. The van der Waals surface area contributed by atoms with Crippen molar-refractivity contribution < 1.29 is 4.74 Å². The molecule has 8 nitrogen and oxygen atoms in total. The van der Waals surface area contributed by atoms with Gasteiger partial charge in [0.2, 0.25) is 11.9 Å². The van der Waals surface area contributed by atoms with Crippen molar-refractivity contribution >= 4 is 46.3 Å². The van der Waals surface area contributed by atoms with Crippen LogP contribution in [0.15, 0.2) is 23.4 Å². The summed E-state index contributed by atoms with van der Waals surface area (Å²) in [6, 6.07) is 5.68. The second-order valence-electron chi connectivity index (χ2n) is 5.76. The Morgan fingerprint density at radius 1 is 1.23 bits per heavy atom. The fourth-order valence-corrected chi connectivity index (χ4v) is 3.47. The summed E-state index contributed by atoms with van der Waals surface area (Å²) in [6.07, 6.45) is 0. The zero-order chi connectivity index (χ0) is 18.7. The monoisotopic (exact) mass is 393 g/mol. The Labute approximate surface area is 160 Å². The number of fused-ring (bicyclic) bond motifs is 1. The summed E-state index contributed by atoms with van der Waals surface area (Å²) >= 11 is 7.63. The number of nitrogen functional groups attached to an aromatic ring is 1. The van der Waals surface area contributed by atoms with Crippen LogP contribution in [0.25, 0.3) is 11.0 Å². The van der Waals surface area contributed by atoms with Gasteiger partial charge in [-0.25, -0.2) is 4.98 Å². The van der Waals surface area contributed by atoms with Gasteiger partial charge in [0.25, 0.3) is 0 Å². The predicted octanol–water partition coefficient (Wildman–Crippen LogP) is 2.46. The molecule has 0 atom stereocenters. The first-order valence-corrected chi connectivity index (χ1v) is 9.29. The van der Waals surface area contributed by atoms with Crippen molar-refractivity contribution in [3.05, 3.63) is 29.0 Å². The number of ether oxygens (including phenoxy) is 1. The molecule has 2 N–H and O–H groups in total. The summed E-state index contributed by atoms with van der Waals surface area (Å²) in [7, 11) is 5.40. The van der Waals surface area contributed by atoms with Crippen LogP contribution in [0.5, 0.6) is 0 Å². The minimum Gasteiger partial charge on any atom is -0.383 e. The molecule has 26 heavy (non-hydrogen) atoms. The van der Waals surface area contributed by atoms with Crippen LogP contribution in [0.1, 0.15) is 5.82 Å². The Kier molecular flexibility index (Phi) is 5.80. The van der Waals surface area contributed by atoms with E-state index in [9.17, 15) is 0 Å². The highest BCUT2D eigenvalue weighted by Gasteiger charge is 2.14. The molecule has 0 aliphatic rings. The number of hydrogen-bond acceptors (Lipinski definition) is 8. The average molecular weight is 394 g/mol. The van der Waals surface area contributed by atoms with E-state index in [1.807, 2.05) is 32.3 Å². The molecule has 3 rings (SSSR count). The van der Waals surface area contributed by atoms with Gasteiger partial charge in [0, 0.05) is 32.8 Å². The lowest BCUT2D eigenvalue weighted by Gasteiger charge is -2.11. The van der Waals surface area contributed by atoms with E-state index < -0.39 is 0 Å². The molecule has 2 heterocycles. The van der Waals surface area contributed by atoms with Crippen LogP contribution in [-0.4, -0.2) is 52.3 Å². The van der Waals surface area contributed by atoms with E-state index >= 15 is 0 Å². The van der Waals surface area contributed by atoms with Crippen molar-refractivity contribution in [3.63, 3.8) is 0 Å². The van der Waals surface area contributed by atoms with E-state index in [2.05, 4.69) is 19.5 Å². The van der Waals surface area contributed by atoms with E-state index in [0.29, 0.717) is 35.7 Å². The van der Waals surface area contributed by atoms with Crippen LogP contribution >= 0.6 is 23.4 Å². The van der Waals surface area contributed by atoms with E-state index in [4.69, 9.17) is 27.1 Å². The number of hydrogen-bond donors (Lipinski definition) is 1. The lowest BCUT2D eigenvalue weighted by molar-refractivity contribution is 0.186. The number of nitrogens with zero attached hydrogens (tertiary/aromatic N) is 6. The van der Waals surface area contributed by atoms with Crippen LogP contribution < -0.4 is 10.6 Å². The number of benzene rings is 1. The fraction of sp³-hybridized carbons (Fsp3) is 0.375. The quantitative estimate of drug-likeness (QED) is 0.611. The number of rotatable bonds is 7. The predicted molar refractivity (Wildman–Crippen MR) is 105 cm³/mol. The maximum atomic E-state index is 6.10. The number of imidazole rings is 1. The Morgan fingerprint density at radius 3 is 2.77 bits per heavy atom. The Bertz CT molecular complexity index is 915. The number of anilines is 2. The van der Waals surface area contributed by atoms with E-state index in [1.165, 1.54) is 11.8 Å². The molecule has 1 aromatic carbocycles. The fourth-order valence-electron chi connectivity index (χ4n) is 2.41. The maximum Gasteiger partial charge on any atom is 0.229 e. The summed E-state index contributed by atoms with van der Waals surface area (Å²) in [5, 5.41) is 1.51. The van der Waals surface area contributed by atoms with Gasteiger partial charge in [-0.3, -0.25) is 0 Å². The molecule has 0 bridgehead atoms. The average Bonchev–Trinajstić information content (AvgIpc) is 2.94. The highest BCUT2D eigenvalue weighted by Crippen LogP contribution is 2.28. The van der Waals surface area contributed by atoms with Gasteiger partial charge < -0.3 is 19.9 Å². The highest BCUT2D eigenvalue weighted by molar-refractivity contribution is 7.98. The third-order valence-electron chi connectivity index (χ3n) is 3.61. The third-order valence-corrected chi connectivity index (χ3v) is 4.82. The van der Waals surface area contributed by atoms with Crippen LogP contribution in [0.2, 0.25) is 5.02 Å². The van der Waals surface area contributed by atoms with Gasteiger partial charge >= 0.3 is 0 Å². The zero-order valence-electron chi connectivity index (χ0n) is 14.8. The lowest BCUT2D eigenvalue weighted by atomic mass is 10.3. The molecule has 3 aromatic rings. The molecule has 0 amide bonds. The first-order valence-electron chi connectivity index (χ1n) is 7.93. The molecule has 0 aliphatic heterocycles. The van der Waals surface area contributed by atoms with Gasteiger partial charge in [-0.1, -0.05) is 23.4 Å². The highest BCUT2D eigenvalue weighted by atomic mass is 35.5. The summed E-state index contributed by atoms with van der Waals surface area (Å²) in [4.78, 5) is 19.2. The number of methoxy groups -OCH3 is 1. The zero-order valence-corrected chi connectivity index (χ0v) is 16.4. The minimum absolute atomic E-state index is 0.207. The molecule has 10 heteroatoms. The van der Waals surface area contributed by atoms with Crippen molar-refractivity contribution in [1.82, 2.24) is 24.5 Å². The van der Waals surface area contributed by atoms with Gasteiger partial charge in [-0.15, -0.1) is 0 Å². The van der Waals surface area contributed by atoms with Crippen molar-refractivity contribution in [3.8, 4) is 0 Å². The van der Waals surface area contributed by atoms with E-state index in [-0.39, 0.29) is 5.95 Å². The van der Waals surface area contributed by atoms with E-state index in [1.54, 1.807) is 12.0 Å². The molecule has 2 aromatic heterocycles. The molecule has 0 fully saturated rings. The Balaban J connectivity index is 1.88. The van der Waals surface area contributed by atoms with Gasteiger partial charge in [0.1, 0.15) is 5.82 Å². The molecule has 0 saturated heterocycles. The van der Waals surface area contributed by atoms with Crippen molar-refractivity contribution in [2.24, 2.45) is 0 Å². The smallest absolute Gasteiger partial charge is 0.229 e. The lowest BCUT2D eigenvalue weighted by Crippen LogP contribution is -2.16. The molecule has 138 valence electrons. The van der Waals surface area contributed by atoms with Gasteiger partial charge in [-0.05, 0) is 18.2 Å². The third kappa shape index (κ3) is 4.17. The summed E-state index contributed by atoms with van der Waals surface area (Å²) in [5.74, 6) is 1.87. The first-order chi connectivity index (χ1) is 12.5. The van der Waals surface area contributed by atoms with Gasteiger partial charge in [-0.2, -0.15) is 15.0 Å². The van der Waals surface area contributed by atoms with Gasteiger partial charge in [0.05, 0.1) is 23.4 Å². The molecule has 0 saturated carbocycles. The van der Waals surface area contributed by atoms with Crippen molar-refractivity contribution in [2.75, 3.05) is 38.4 Å². The summed E-state index contributed by atoms with van der Waals surface area (Å²) < 4.78 is 7.33. The second kappa shape index (κ2) is 8.07. The number of nitrogens with two attached hydrogens (primary N) is 1. The summed E-state index contributed by atoms with van der Waals surface area (Å²) in [6.45, 7) is 1.28. The number of thioether (sulfide) groups is 1. The molecular weight excluding hydrogens is 374 g/mol. The normalized spacial score (nSPS) is 11.2. The molecule has 0 spiro atoms. The first kappa shape index (κ1) is 18.7. The summed E-state index contributed by atoms with van der Waals surface area (Å²) in [5.41, 5.74) is 7.65. The SMILES string of the molecule is COCCn1c(SCc2nc(N)nc(N(C)C)n2)nc2cc(Cl)ccc21. The Hall–Kier alpha value is -2.10. The van der Waals surface area contributed by atoms with Crippen LogP contribution in [-0.2, 0) is 17.0 Å². The molecule has 0 radical (unpaired) electrons. The van der Waals surface area contributed by atoms with E-state index in [0.717, 1.165) is 16.2 Å². The van der Waals surface area contributed by atoms with Crippen LogP contribution in [0, 0.1) is 0 Å². The topological polar surface area (TPSA) is 95.0 Å². The standard InChI is InChI=1S/C16H20ClN7OS/c1-23(2)15-21-13(20-14(18)22-15)9-26-16-19-11-8-10(17)4-5-12(11)24(16)6-7-25-3/h4-5,8H,6-7,9H2,1-3H3,(H2,18,20,21,22). The van der Waals surface area contributed by atoms with Crippen molar-refractivity contribution in [1.29, 1.82) is 0 Å². The maximum absolute atomic E-state index is 6.10. The molecule has 0 aliphatic carbocycles. The second-order valence-corrected chi connectivity index (χ2v) is 7.14. The van der Waals surface area contributed by atoms with Crippen LogP contribution in [0.4, 0.5) is 11.9 Å². The molecular formula is C16H20ClN7OS. The minimum atomic E-state index is 0.207. The van der Waals surface area contributed by atoms with Crippen molar-refractivity contribution in [2.45, 2.75) is 17.5 Å².